The van der Waals surface area contributed by atoms with Crippen LogP contribution in [0.2, 0.25) is 0 Å². The first-order valence-corrected chi connectivity index (χ1v) is 12.4. The maximum absolute atomic E-state index is 14.1. The number of alkyl carbamates (subject to hydrolysis) is 1. The number of rotatable bonds is 10. The van der Waals surface area contributed by atoms with Gasteiger partial charge in [0.05, 0.1) is 0 Å². The van der Waals surface area contributed by atoms with Gasteiger partial charge >= 0.3 is 6.09 Å². The molecular weight excluding hydrogens is 430 g/mol. The highest BCUT2D eigenvalue weighted by molar-refractivity contribution is 5.92. The van der Waals surface area contributed by atoms with Gasteiger partial charge in [-0.1, -0.05) is 51.5 Å². The molecule has 0 saturated heterocycles. The van der Waals surface area contributed by atoms with E-state index >= 15 is 0 Å². The van der Waals surface area contributed by atoms with Gasteiger partial charge in [-0.15, -0.1) is 0 Å². The van der Waals surface area contributed by atoms with Crippen molar-refractivity contribution in [3.63, 3.8) is 0 Å². The van der Waals surface area contributed by atoms with Gasteiger partial charge in [0, 0.05) is 12.1 Å². The first-order chi connectivity index (χ1) is 15.7. The molecule has 0 aliphatic carbocycles. The van der Waals surface area contributed by atoms with Crippen molar-refractivity contribution in [1.82, 2.24) is 15.5 Å². The predicted molar refractivity (Wildman–Crippen MR) is 136 cm³/mol. The van der Waals surface area contributed by atoms with E-state index in [0.29, 0.717) is 12.8 Å². The quantitative estimate of drug-likeness (QED) is 0.491. The third-order valence-electron chi connectivity index (χ3n) is 5.91. The maximum Gasteiger partial charge on any atom is 0.408 e. The van der Waals surface area contributed by atoms with Crippen molar-refractivity contribution in [3.8, 4) is 0 Å². The van der Waals surface area contributed by atoms with Gasteiger partial charge in [0.25, 0.3) is 0 Å². The van der Waals surface area contributed by atoms with E-state index in [-0.39, 0.29) is 29.8 Å². The Labute approximate surface area is 206 Å². The minimum Gasteiger partial charge on any atom is -0.444 e. The van der Waals surface area contributed by atoms with Crippen LogP contribution in [0.4, 0.5) is 4.79 Å². The van der Waals surface area contributed by atoms with E-state index in [1.165, 1.54) is 0 Å². The van der Waals surface area contributed by atoms with Crippen LogP contribution in [0.25, 0.3) is 0 Å². The molecule has 34 heavy (non-hydrogen) atoms. The average molecular weight is 476 g/mol. The van der Waals surface area contributed by atoms with Crippen LogP contribution in [0.1, 0.15) is 92.3 Å². The summed E-state index contributed by atoms with van der Waals surface area (Å²) in [6.07, 6.45) is 0.686. The molecule has 4 unspecified atom stereocenters. The van der Waals surface area contributed by atoms with Gasteiger partial charge in [0.15, 0.2) is 0 Å². The Morgan fingerprint density at radius 3 is 2.03 bits per heavy atom. The Morgan fingerprint density at radius 1 is 0.971 bits per heavy atom. The van der Waals surface area contributed by atoms with E-state index in [1.807, 2.05) is 72.7 Å². The van der Waals surface area contributed by atoms with Gasteiger partial charge in [-0.25, -0.2) is 4.79 Å². The van der Waals surface area contributed by atoms with Crippen molar-refractivity contribution < 1.29 is 19.1 Å². The third-order valence-corrected chi connectivity index (χ3v) is 5.91. The highest BCUT2D eigenvalue weighted by Crippen LogP contribution is 2.29. The minimum atomic E-state index is -0.827. The first-order valence-electron chi connectivity index (χ1n) is 12.4. The summed E-state index contributed by atoms with van der Waals surface area (Å²) in [5.74, 6) is -0.683. The second-order valence-corrected chi connectivity index (χ2v) is 10.4. The van der Waals surface area contributed by atoms with Crippen molar-refractivity contribution in [3.05, 3.63) is 35.4 Å². The van der Waals surface area contributed by atoms with Crippen LogP contribution >= 0.6 is 0 Å². The molecule has 0 fully saturated rings. The lowest BCUT2D eigenvalue weighted by atomic mass is 9.93. The van der Waals surface area contributed by atoms with Crippen LogP contribution in [0, 0.1) is 12.8 Å². The standard InChI is InChI=1S/C27H45N3O4/c1-11-18(5)22(29-26(33)34-27(8,9)10)25(32)30(20(7)12-2)23(24(31)28-17(3)4)21-16-14-13-15-19(21)6/h13-18,20,22-23H,11-12H2,1-10H3,(H,28,31)(H,29,33). The van der Waals surface area contributed by atoms with Crippen molar-refractivity contribution in [2.75, 3.05) is 0 Å². The van der Waals surface area contributed by atoms with E-state index < -0.39 is 23.8 Å². The molecule has 3 amide bonds. The van der Waals surface area contributed by atoms with Crippen molar-refractivity contribution in [2.45, 2.75) is 112 Å². The molecule has 0 radical (unpaired) electrons. The Balaban J connectivity index is 3.57. The number of benzene rings is 1. The number of nitrogens with zero attached hydrogens (tertiary/aromatic N) is 1. The van der Waals surface area contributed by atoms with Gasteiger partial charge in [-0.3, -0.25) is 9.59 Å². The number of nitrogens with one attached hydrogen (secondary N) is 2. The van der Waals surface area contributed by atoms with Gasteiger partial charge in [-0.2, -0.15) is 0 Å². The SMILES string of the molecule is CCC(C)C(NC(=O)OC(C)(C)C)C(=O)N(C(C)CC)C(C(=O)NC(C)C)c1ccccc1C. The Bertz CT molecular complexity index is 831. The Kier molecular flexibility index (Phi) is 11.1. The molecule has 1 aromatic rings. The Morgan fingerprint density at radius 2 is 1.56 bits per heavy atom. The van der Waals surface area contributed by atoms with Gasteiger partial charge in [-0.05, 0) is 71.9 Å². The molecule has 1 rings (SSSR count). The van der Waals surface area contributed by atoms with Crippen molar-refractivity contribution in [1.29, 1.82) is 0 Å². The fourth-order valence-electron chi connectivity index (χ4n) is 3.75. The lowest BCUT2D eigenvalue weighted by Gasteiger charge is -2.40. The predicted octanol–water partition coefficient (Wildman–Crippen LogP) is 5.13. The number of ether oxygens (including phenoxy) is 1. The largest absolute Gasteiger partial charge is 0.444 e. The first kappa shape index (κ1) is 29.5. The minimum absolute atomic E-state index is 0.0850. The van der Waals surface area contributed by atoms with Crippen LogP contribution in [0.15, 0.2) is 24.3 Å². The van der Waals surface area contributed by atoms with Crippen LogP contribution in [-0.4, -0.2) is 46.5 Å². The van der Waals surface area contributed by atoms with Gasteiger partial charge in [0.2, 0.25) is 11.8 Å². The van der Waals surface area contributed by atoms with Crippen LogP contribution in [0.5, 0.6) is 0 Å². The molecule has 7 heteroatoms. The maximum atomic E-state index is 14.1. The monoisotopic (exact) mass is 475 g/mol. The average Bonchev–Trinajstić information content (AvgIpc) is 2.73. The van der Waals surface area contributed by atoms with Gasteiger partial charge < -0.3 is 20.3 Å². The molecule has 0 bridgehead atoms. The van der Waals surface area contributed by atoms with Crippen LogP contribution < -0.4 is 10.6 Å². The van der Waals surface area contributed by atoms with Crippen molar-refractivity contribution in [2.24, 2.45) is 5.92 Å². The molecule has 0 aliphatic heterocycles. The van der Waals surface area contributed by atoms with Gasteiger partial charge in [0.1, 0.15) is 17.7 Å². The molecule has 2 N–H and O–H groups in total. The smallest absolute Gasteiger partial charge is 0.408 e. The summed E-state index contributed by atoms with van der Waals surface area (Å²) in [4.78, 5) is 42.0. The zero-order valence-corrected chi connectivity index (χ0v) is 22.7. The molecule has 0 heterocycles. The molecule has 0 aliphatic rings. The summed E-state index contributed by atoms with van der Waals surface area (Å²) in [6.45, 7) is 18.9. The lowest BCUT2D eigenvalue weighted by molar-refractivity contribution is -0.146. The molecule has 1 aromatic carbocycles. The summed E-state index contributed by atoms with van der Waals surface area (Å²) in [7, 11) is 0. The molecule has 0 saturated carbocycles. The summed E-state index contributed by atoms with van der Waals surface area (Å²) in [5.41, 5.74) is 1.01. The number of amides is 3. The van der Waals surface area contributed by atoms with E-state index in [2.05, 4.69) is 10.6 Å². The highest BCUT2D eigenvalue weighted by atomic mass is 16.6. The summed E-state index contributed by atoms with van der Waals surface area (Å²) in [6, 6.07) is 5.66. The second kappa shape index (κ2) is 12.8. The van der Waals surface area contributed by atoms with Crippen molar-refractivity contribution >= 4 is 17.9 Å². The summed E-state index contributed by atoms with van der Waals surface area (Å²) in [5, 5.41) is 5.79. The lowest BCUT2D eigenvalue weighted by Crippen LogP contribution is -2.57. The third kappa shape index (κ3) is 8.33. The molecule has 0 aromatic heterocycles. The van der Waals surface area contributed by atoms with E-state index in [4.69, 9.17) is 4.74 Å². The van der Waals surface area contributed by atoms with E-state index in [9.17, 15) is 14.4 Å². The summed E-state index contributed by atoms with van der Waals surface area (Å²) >= 11 is 0. The number of aryl methyl sites for hydroxylation is 1. The molecule has 192 valence electrons. The fourth-order valence-corrected chi connectivity index (χ4v) is 3.75. The fraction of sp³-hybridized carbons (Fsp3) is 0.667. The molecule has 4 atom stereocenters. The van der Waals surface area contributed by atoms with Crippen LogP contribution in [0.3, 0.4) is 0 Å². The number of carbonyl (C=O) groups is 3. The zero-order chi connectivity index (χ0) is 26.2. The Hall–Kier alpha value is -2.57. The number of carbonyl (C=O) groups excluding carboxylic acids is 3. The number of hydrogen-bond donors (Lipinski definition) is 2. The molecular formula is C27H45N3O4. The number of hydrogen-bond acceptors (Lipinski definition) is 4. The summed E-state index contributed by atoms with van der Waals surface area (Å²) < 4.78 is 5.44. The van der Waals surface area contributed by atoms with E-state index in [0.717, 1.165) is 11.1 Å². The zero-order valence-electron chi connectivity index (χ0n) is 22.7. The van der Waals surface area contributed by atoms with Crippen LogP contribution in [-0.2, 0) is 14.3 Å². The van der Waals surface area contributed by atoms with E-state index in [1.54, 1.807) is 25.7 Å². The normalized spacial score (nSPS) is 15.1. The topological polar surface area (TPSA) is 87.7 Å². The highest BCUT2D eigenvalue weighted by Gasteiger charge is 2.40. The molecule has 0 spiro atoms. The molecule has 7 nitrogen and oxygen atoms in total. The second-order valence-electron chi connectivity index (χ2n) is 10.4.